The van der Waals surface area contributed by atoms with Gasteiger partial charge in [0.25, 0.3) is 5.91 Å². The third-order valence-electron chi connectivity index (χ3n) is 3.94. The molecule has 0 aliphatic rings. The molecule has 0 aliphatic carbocycles. The average molecular weight is 351 g/mol. The number of aryl methyl sites for hydroxylation is 2. The lowest BCUT2D eigenvalue weighted by Gasteiger charge is -2.18. The number of benzene rings is 1. The monoisotopic (exact) mass is 351 g/mol. The summed E-state index contributed by atoms with van der Waals surface area (Å²) in [5.74, 6) is -0.205. The molecule has 2 aromatic rings. The van der Waals surface area contributed by atoms with E-state index in [1.54, 1.807) is 6.92 Å². The van der Waals surface area contributed by atoms with E-state index in [0.29, 0.717) is 17.5 Å². The number of rotatable bonds is 5. The molecule has 0 saturated carbocycles. The summed E-state index contributed by atoms with van der Waals surface area (Å²) < 4.78 is 15.1. The van der Waals surface area contributed by atoms with Crippen LogP contribution in [0.3, 0.4) is 0 Å². The summed E-state index contributed by atoms with van der Waals surface area (Å²) in [4.78, 5) is 12.5. The molecule has 6 heteroatoms. The van der Waals surface area contributed by atoms with E-state index in [0.717, 1.165) is 22.4 Å². The number of carbonyl (C=O) groups excluding carboxylic acids is 1. The fourth-order valence-corrected chi connectivity index (χ4v) is 2.95. The van der Waals surface area contributed by atoms with Crippen molar-refractivity contribution in [1.29, 1.82) is 0 Å². The fraction of sp³-hybridized carbons (Fsp3) is 0.444. The van der Waals surface area contributed by atoms with Gasteiger partial charge in [0.2, 0.25) is 5.95 Å². The number of hydrogen-bond donors (Lipinski definition) is 1. The van der Waals surface area contributed by atoms with Crippen LogP contribution in [-0.2, 0) is 7.05 Å². The standard InChI is InChI=1S/C18H24FN3O.H2S/c1-11(2)10-12(3)14-8-6-7-9-15(14)20-18(23)16-13(4)21-22(5)17(16)19;/h6-9,11-12H,10H2,1-5H3,(H,20,23);1H2/t12-;/m0./s1. The Morgan fingerprint density at radius 1 is 1.29 bits per heavy atom. The predicted molar refractivity (Wildman–Crippen MR) is 101 cm³/mol. The van der Waals surface area contributed by atoms with Gasteiger partial charge in [0, 0.05) is 12.7 Å². The van der Waals surface area contributed by atoms with Gasteiger partial charge in [0.1, 0.15) is 5.56 Å². The molecular formula is C18H26FN3OS. The minimum atomic E-state index is -0.618. The van der Waals surface area contributed by atoms with Crippen LogP contribution in [0.1, 0.15) is 54.7 Å². The van der Waals surface area contributed by atoms with Crippen LogP contribution >= 0.6 is 13.5 Å². The Kier molecular flexibility index (Phi) is 7.02. The summed E-state index contributed by atoms with van der Waals surface area (Å²) in [6, 6.07) is 7.69. The summed E-state index contributed by atoms with van der Waals surface area (Å²) in [5, 5.41) is 6.79. The van der Waals surface area contributed by atoms with E-state index in [1.807, 2.05) is 24.3 Å². The second-order valence-electron chi connectivity index (χ2n) is 6.45. The Hall–Kier alpha value is -1.82. The van der Waals surface area contributed by atoms with E-state index in [1.165, 1.54) is 7.05 Å². The van der Waals surface area contributed by atoms with E-state index in [9.17, 15) is 9.18 Å². The topological polar surface area (TPSA) is 46.9 Å². The molecule has 1 aromatic heterocycles. The molecule has 2 rings (SSSR count). The second-order valence-corrected chi connectivity index (χ2v) is 6.45. The molecular weight excluding hydrogens is 325 g/mol. The molecule has 0 unspecified atom stereocenters. The van der Waals surface area contributed by atoms with Gasteiger partial charge in [-0.3, -0.25) is 4.79 Å². The first-order valence-corrected chi connectivity index (χ1v) is 7.90. The van der Waals surface area contributed by atoms with Crippen LogP contribution in [0.5, 0.6) is 0 Å². The van der Waals surface area contributed by atoms with Crippen LogP contribution in [0.4, 0.5) is 10.1 Å². The van der Waals surface area contributed by atoms with Crippen molar-refractivity contribution in [3.63, 3.8) is 0 Å². The molecule has 0 radical (unpaired) electrons. The molecule has 0 spiro atoms. The number of halogens is 1. The number of carbonyl (C=O) groups is 1. The summed E-state index contributed by atoms with van der Waals surface area (Å²) in [6.07, 6.45) is 1.02. The first-order valence-electron chi connectivity index (χ1n) is 7.90. The highest BCUT2D eigenvalue weighted by Gasteiger charge is 2.22. The third-order valence-corrected chi connectivity index (χ3v) is 3.94. The Labute approximate surface area is 149 Å². The highest BCUT2D eigenvalue weighted by molar-refractivity contribution is 7.59. The lowest BCUT2D eigenvalue weighted by Crippen LogP contribution is -2.16. The van der Waals surface area contributed by atoms with Crippen molar-refractivity contribution in [2.75, 3.05) is 5.32 Å². The summed E-state index contributed by atoms with van der Waals surface area (Å²) >= 11 is 0. The molecule has 24 heavy (non-hydrogen) atoms. The average Bonchev–Trinajstić information content (AvgIpc) is 2.71. The van der Waals surface area contributed by atoms with Crippen molar-refractivity contribution in [1.82, 2.24) is 9.78 Å². The van der Waals surface area contributed by atoms with E-state index in [2.05, 4.69) is 31.2 Å². The summed E-state index contributed by atoms with van der Waals surface area (Å²) in [7, 11) is 1.48. The molecule has 0 aliphatic heterocycles. The highest BCUT2D eigenvalue weighted by atomic mass is 32.1. The molecule has 1 aromatic carbocycles. The third kappa shape index (κ3) is 4.38. The van der Waals surface area contributed by atoms with Crippen LogP contribution in [0.2, 0.25) is 0 Å². The van der Waals surface area contributed by atoms with Crippen molar-refractivity contribution in [2.45, 2.75) is 40.0 Å². The largest absolute Gasteiger partial charge is 0.322 e. The molecule has 0 saturated heterocycles. The summed E-state index contributed by atoms with van der Waals surface area (Å²) in [5.41, 5.74) is 2.18. The van der Waals surface area contributed by atoms with Gasteiger partial charge in [-0.05, 0) is 36.8 Å². The van der Waals surface area contributed by atoms with Crippen molar-refractivity contribution in [2.24, 2.45) is 13.0 Å². The SMILES string of the molecule is Cc1nn(C)c(F)c1C(=O)Nc1ccccc1[C@@H](C)CC(C)C.S. The van der Waals surface area contributed by atoms with Gasteiger partial charge in [0.15, 0.2) is 0 Å². The van der Waals surface area contributed by atoms with Crippen LogP contribution in [0.15, 0.2) is 24.3 Å². The van der Waals surface area contributed by atoms with Gasteiger partial charge in [-0.2, -0.15) is 23.0 Å². The number of amides is 1. The van der Waals surface area contributed by atoms with Crippen LogP contribution in [-0.4, -0.2) is 15.7 Å². The molecule has 1 heterocycles. The summed E-state index contributed by atoms with van der Waals surface area (Å²) in [6.45, 7) is 8.12. The van der Waals surface area contributed by atoms with Crippen molar-refractivity contribution in [3.8, 4) is 0 Å². The zero-order chi connectivity index (χ0) is 17.1. The Bertz CT molecular complexity index is 712. The number of nitrogens with one attached hydrogen (secondary N) is 1. The molecule has 4 nitrogen and oxygen atoms in total. The molecule has 1 N–H and O–H groups in total. The maximum Gasteiger partial charge on any atom is 0.262 e. The van der Waals surface area contributed by atoms with Gasteiger partial charge in [-0.25, -0.2) is 4.68 Å². The maximum atomic E-state index is 14.0. The van der Waals surface area contributed by atoms with E-state index in [-0.39, 0.29) is 19.1 Å². The number of para-hydroxylation sites is 1. The zero-order valence-corrected chi connectivity index (χ0v) is 15.9. The molecule has 1 amide bonds. The molecule has 1 atom stereocenters. The first kappa shape index (κ1) is 20.2. The lowest BCUT2D eigenvalue weighted by atomic mass is 9.91. The van der Waals surface area contributed by atoms with Gasteiger partial charge in [-0.1, -0.05) is 39.0 Å². The highest BCUT2D eigenvalue weighted by Crippen LogP contribution is 2.29. The van der Waals surface area contributed by atoms with Crippen LogP contribution < -0.4 is 5.32 Å². The van der Waals surface area contributed by atoms with Crippen molar-refractivity contribution < 1.29 is 9.18 Å². The quantitative estimate of drug-likeness (QED) is 0.869. The van der Waals surface area contributed by atoms with Crippen molar-refractivity contribution >= 4 is 25.1 Å². The fourth-order valence-electron chi connectivity index (χ4n) is 2.95. The van der Waals surface area contributed by atoms with Gasteiger partial charge in [-0.15, -0.1) is 0 Å². The van der Waals surface area contributed by atoms with Crippen LogP contribution in [0.25, 0.3) is 0 Å². The Morgan fingerprint density at radius 3 is 2.46 bits per heavy atom. The van der Waals surface area contributed by atoms with Crippen molar-refractivity contribution in [3.05, 3.63) is 47.0 Å². The molecule has 0 fully saturated rings. The van der Waals surface area contributed by atoms with E-state index >= 15 is 0 Å². The second kappa shape index (κ2) is 8.33. The minimum absolute atomic E-state index is 0. The van der Waals surface area contributed by atoms with E-state index in [4.69, 9.17) is 0 Å². The lowest BCUT2D eigenvalue weighted by molar-refractivity contribution is 0.102. The Morgan fingerprint density at radius 2 is 1.92 bits per heavy atom. The van der Waals surface area contributed by atoms with Gasteiger partial charge in [0.05, 0.1) is 5.69 Å². The number of aromatic nitrogens is 2. The zero-order valence-electron chi connectivity index (χ0n) is 14.9. The molecule has 0 bridgehead atoms. The van der Waals surface area contributed by atoms with Gasteiger partial charge < -0.3 is 5.32 Å². The maximum absolute atomic E-state index is 14.0. The normalized spacial score (nSPS) is 12.0. The number of nitrogens with zero attached hydrogens (tertiary/aromatic N) is 2. The predicted octanol–water partition coefficient (Wildman–Crippen LogP) is 4.38. The Balaban J connectivity index is 0.00000288. The first-order chi connectivity index (χ1) is 10.8. The molecule has 132 valence electrons. The number of anilines is 1. The number of hydrogen-bond acceptors (Lipinski definition) is 2. The van der Waals surface area contributed by atoms with Gasteiger partial charge >= 0.3 is 0 Å². The minimum Gasteiger partial charge on any atom is -0.322 e. The van der Waals surface area contributed by atoms with Crippen LogP contribution in [0, 0.1) is 18.8 Å². The van der Waals surface area contributed by atoms with E-state index < -0.39 is 11.9 Å². The smallest absolute Gasteiger partial charge is 0.262 e.